The van der Waals surface area contributed by atoms with E-state index in [4.69, 9.17) is 4.74 Å². The van der Waals surface area contributed by atoms with Gasteiger partial charge in [-0.1, -0.05) is 6.07 Å². The van der Waals surface area contributed by atoms with Crippen molar-refractivity contribution in [3.63, 3.8) is 0 Å². The second-order valence-corrected chi connectivity index (χ2v) is 7.21. The van der Waals surface area contributed by atoms with Crippen molar-refractivity contribution in [1.82, 2.24) is 10.2 Å². The second-order valence-electron chi connectivity index (χ2n) is 7.21. The number of nitrogens with zero attached hydrogens (tertiary/aromatic N) is 2. The van der Waals surface area contributed by atoms with Crippen LogP contribution in [0.4, 0.5) is 11.4 Å². The van der Waals surface area contributed by atoms with Crippen molar-refractivity contribution in [3.05, 3.63) is 69.8 Å². The van der Waals surface area contributed by atoms with Gasteiger partial charge in [-0.2, -0.15) is 0 Å². The SMILES string of the molecule is CCN(CC)C(=O)c1ccc(NC(=O)COC(=O)[C@H](C)NC(=O)c2cccc([N+](=O)[O-])c2)cc1. The first-order chi connectivity index (χ1) is 16.2. The van der Waals surface area contributed by atoms with E-state index in [0.717, 1.165) is 6.07 Å². The number of anilines is 1. The molecule has 2 aromatic carbocycles. The minimum absolute atomic E-state index is 0.00881. The highest BCUT2D eigenvalue weighted by Gasteiger charge is 2.20. The van der Waals surface area contributed by atoms with Gasteiger partial charge in [0.05, 0.1) is 4.92 Å². The molecule has 2 aromatic rings. The first kappa shape index (κ1) is 26.0. The summed E-state index contributed by atoms with van der Waals surface area (Å²) >= 11 is 0. The molecule has 11 nitrogen and oxygen atoms in total. The summed E-state index contributed by atoms with van der Waals surface area (Å²) in [6.45, 7) is 5.72. The van der Waals surface area contributed by atoms with Crippen molar-refractivity contribution in [2.24, 2.45) is 0 Å². The number of carbonyl (C=O) groups is 4. The number of nitro benzene ring substituents is 1. The van der Waals surface area contributed by atoms with Crippen molar-refractivity contribution in [3.8, 4) is 0 Å². The molecule has 0 aliphatic rings. The van der Waals surface area contributed by atoms with Crippen LogP contribution in [0.25, 0.3) is 0 Å². The normalized spacial score (nSPS) is 11.1. The van der Waals surface area contributed by atoms with E-state index in [1.165, 1.54) is 25.1 Å². The lowest BCUT2D eigenvalue weighted by molar-refractivity contribution is -0.384. The van der Waals surface area contributed by atoms with E-state index in [1.54, 1.807) is 29.2 Å². The summed E-state index contributed by atoms with van der Waals surface area (Å²) in [5.41, 5.74) is 0.658. The molecule has 2 rings (SSSR count). The average molecular weight is 470 g/mol. The third-order valence-corrected chi connectivity index (χ3v) is 4.83. The summed E-state index contributed by atoms with van der Waals surface area (Å²) in [7, 11) is 0. The number of nitrogens with one attached hydrogen (secondary N) is 2. The summed E-state index contributed by atoms with van der Waals surface area (Å²) in [5.74, 6) is -2.27. The second kappa shape index (κ2) is 12.1. The average Bonchev–Trinajstić information content (AvgIpc) is 2.83. The summed E-state index contributed by atoms with van der Waals surface area (Å²) < 4.78 is 4.92. The molecule has 0 saturated carbocycles. The Hall–Kier alpha value is -4.28. The van der Waals surface area contributed by atoms with E-state index >= 15 is 0 Å². The Balaban J connectivity index is 1.84. The zero-order valence-electron chi connectivity index (χ0n) is 19.1. The van der Waals surface area contributed by atoms with Crippen LogP contribution in [0.5, 0.6) is 0 Å². The molecule has 0 radical (unpaired) electrons. The Bertz CT molecular complexity index is 1070. The van der Waals surface area contributed by atoms with Crippen LogP contribution in [0.3, 0.4) is 0 Å². The quantitative estimate of drug-likeness (QED) is 0.308. The van der Waals surface area contributed by atoms with Gasteiger partial charge < -0.3 is 20.3 Å². The van der Waals surface area contributed by atoms with Gasteiger partial charge >= 0.3 is 5.97 Å². The molecule has 11 heteroatoms. The van der Waals surface area contributed by atoms with Crippen LogP contribution in [-0.4, -0.2) is 59.3 Å². The van der Waals surface area contributed by atoms with Gasteiger partial charge in [0.2, 0.25) is 0 Å². The van der Waals surface area contributed by atoms with Gasteiger partial charge in [-0.3, -0.25) is 24.5 Å². The lowest BCUT2D eigenvalue weighted by atomic mass is 10.1. The number of carbonyl (C=O) groups excluding carboxylic acids is 4. The fraction of sp³-hybridized carbons (Fsp3) is 0.304. The topological polar surface area (TPSA) is 148 Å². The Labute approximate surface area is 196 Å². The van der Waals surface area contributed by atoms with Crippen molar-refractivity contribution in [2.45, 2.75) is 26.8 Å². The van der Waals surface area contributed by atoms with Crippen molar-refractivity contribution < 1.29 is 28.8 Å². The third kappa shape index (κ3) is 7.12. The lowest BCUT2D eigenvalue weighted by Crippen LogP contribution is -2.40. The van der Waals surface area contributed by atoms with Gasteiger partial charge in [0.1, 0.15) is 6.04 Å². The molecule has 0 bridgehead atoms. The monoisotopic (exact) mass is 470 g/mol. The molecule has 0 spiro atoms. The number of non-ortho nitro benzene ring substituents is 1. The van der Waals surface area contributed by atoms with E-state index in [9.17, 15) is 29.3 Å². The molecule has 0 aliphatic heterocycles. The van der Waals surface area contributed by atoms with Crippen molar-refractivity contribution >= 4 is 35.1 Å². The van der Waals surface area contributed by atoms with Gasteiger partial charge in [0.15, 0.2) is 6.61 Å². The molecule has 0 aliphatic carbocycles. The number of ether oxygens (including phenoxy) is 1. The maximum Gasteiger partial charge on any atom is 0.328 e. The van der Waals surface area contributed by atoms with E-state index in [1.807, 2.05) is 13.8 Å². The molecular weight excluding hydrogens is 444 g/mol. The predicted octanol–water partition coefficient (Wildman–Crippen LogP) is 2.38. The molecule has 0 saturated heterocycles. The molecule has 2 N–H and O–H groups in total. The number of hydrogen-bond donors (Lipinski definition) is 2. The van der Waals surface area contributed by atoms with Crippen LogP contribution in [0.15, 0.2) is 48.5 Å². The van der Waals surface area contributed by atoms with Crippen LogP contribution in [0, 0.1) is 10.1 Å². The van der Waals surface area contributed by atoms with Crippen LogP contribution in [0.1, 0.15) is 41.5 Å². The standard InChI is InChI=1S/C23H26N4O7/c1-4-26(5-2)22(30)16-9-11-18(12-10-16)25-20(28)14-34-23(31)15(3)24-21(29)17-7-6-8-19(13-17)27(32)33/h6-13,15H,4-5,14H2,1-3H3,(H,24,29)(H,25,28)/t15-/m0/s1. The third-order valence-electron chi connectivity index (χ3n) is 4.83. The van der Waals surface area contributed by atoms with Gasteiger partial charge in [0.25, 0.3) is 23.4 Å². The number of hydrogen-bond acceptors (Lipinski definition) is 7. The molecular formula is C23H26N4O7. The predicted molar refractivity (Wildman–Crippen MR) is 123 cm³/mol. The van der Waals surface area contributed by atoms with Crippen LogP contribution < -0.4 is 10.6 Å². The number of rotatable bonds is 10. The highest BCUT2D eigenvalue weighted by atomic mass is 16.6. The highest BCUT2D eigenvalue weighted by molar-refractivity contribution is 5.98. The van der Waals surface area contributed by atoms with Gasteiger partial charge in [0, 0.05) is 42.0 Å². The van der Waals surface area contributed by atoms with Crippen molar-refractivity contribution in [2.75, 3.05) is 25.0 Å². The number of benzene rings is 2. The van der Waals surface area contributed by atoms with E-state index in [-0.39, 0.29) is 17.2 Å². The smallest absolute Gasteiger partial charge is 0.328 e. The summed E-state index contributed by atoms with van der Waals surface area (Å²) in [4.78, 5) is 60.6. The molecule has 180 valence electrons. The number of nitro groups is 1. The fourth-order valence-electron chi connectivity index (χ4n) is 2.95. The summed E-state index contributed by atoms with van der Waals surface area (Å²) in [6.07, 6.45) is 0. The minimum atomic E-state index is -1.09. The van der Waals surface area contributed by atoms with Gasteiger partial charge in [-0.15, -0.1) is 0 Å². The lowest BCUT2D eigenvalue weighted by Gasteiger charge is -2.18. The number of esters is 1. The van der Waals surface area contributed by atoms with Crippen LogP contribution >= 0.6 is 0 Å². The van der Waals surface area contributed by atoms with Crippen molar-refractivity contribution in [1.29, 1.82) is 0 Å². The molecule has 0 aromatic heterocycles. The molecule has 1 atom stereocenters. The van der Waals surface area contributed by atoms with Crippen LogP contribution in [0.2, 0.25) is 0 Å². The Morgan fingerprint density at radius 3 is 2.26 bits per heavy atom. The Kier molecular flexibility index (Phi) is 9.24. The zero-order valence-corrected chi connectivity index (χ0v) is 19.1. The summed E-state index contributed by atoms with van der Waals surface area (Å²) in [6, 6.07) is 10.3. The van der Waals surface area contributed by atoms with E-state index < -0.39 is 35.4 Å². The zero-order chi connectivity index (χ0) is 25.3. The molecule has 0 heterocycles. The first-order valence-corrected chi connectivity index (χ1v) is 10.6. The van der Waals surface area contributed by atoms with E-state index in [2.05, 4.69) is 10.6 Å². The Morgan fingerprint density at radius 2 is 1.68 bits per heavy atom. The van der Waals surface area contributed by atoms with Gasteiger partial charge in [-0.05, 0) is 51.1 Å². The fourth-order valence-corrected chi connectivity index (χ4v) is 2.95. The molecule has 0 fully saturated rings. The van der Waals surface area contributed by atoms with Crippen LogP contribution in [-0.2, 0) is 14.3 Å². The summed E-state index contributed by atoms with van der Waals surface area (Å²) in [5, 5.41) is 15.7. The molecule has 0 unspecified atom stereocenters. The molecule has 3 amide bonds. The van der Waals surface area contributed by atoms with Gasteiger partial charge in [-0.25, -0.2) is 4.79 Å². The molecule has 34 heavy (non-hydrogen) atoms. The minimum Gasteiger partial charge on any atom is -0.454 e. The van der Waals surface area contributed by atoms with E-state index in [0.29, 0.717) is 24.3 Å². The first-order valence-electron chi connectivity index (χ1n) is 10.6. The maximum atomic E-state index is 12.3. The Morgan fingerprint density at radius 1 is 1.03 bits per heavy atom. The number of amides is 3. The largest absolute Gasteiger partial charge is 0.454 e. The highest BCUT2D eigenvalue weighted by Crippen LogP contribution is 2.14. The maximum absolute atomic E-state index is 12.3.